The van der Waals surface area contributed by atoms with Gasteiger partial charge in [-0.2, -0.15) is 5.10 Å². The van der Waals surface area contributed by atoms with Crippen LogP contribution >= 0.6 is 11.6 Å². The summed E-state index contributed by atoms with van der Waals surface area (Å²) in [6.07, 6.45) is 3.52. The predicted molar refractivity (Wildman–Crippen MR) is 62.4 cm³/mol. The minimum atomic E-state index is -1.24. The van der Waals surface area contributed by atoms with Gasteiger partial charge in [0.05, 0.1) is 12.1 Å². The van der Waals surface area contributed by atoms with Gasteiger partial charge in [0.2, 0.25) is 5.91 Å². The largest absolute Gasteiger partial charge is 0.550 e. The summed E-state index contributed by atoms with van der Waals surface area (Å²) in [5, 5.41) is 20.3. The van der Waals surface area contributed by atoms with Crippen molar-refractivity contribution in [3.8, 4) is 0 Å². The van der Waals surface area contributed by atoms with E-state index in [1.54, 1.807) is 12.1 Å². The number of carboxylic acids is 1. The van der Waals surface area contributed by atoms with Crippen LogP contribution in [0.5, 0.6) is 0 Å². The second-order valence-corrected chi connectivity index (χ2v) is 4.57. The van der Waals surface area contributed by atoms with E-state index in [-0.39, 0.29) is 12.8 Å². The van der Waals surface area contributed by atoms with Crippen molar-refractivity contribution in [3.63, 3.8) is 0 Å². The maximum atomic E-state index is 12.0. The van der Waals surface area contributed by atoms with Gasteiger partial charge in [0, 0.05) is 23.0 Å². The van der Waals surface area contributed by atoms with Crippen molar-refractivity contribution in [2.75, 3.05) is 5.32 Å². The first-order chi connectivity index (χ1) is 8.58. The molecule has 0 aromatic carbocycles. The molecular weight excluding hydrogens is 258 g/mol. The lowest BCUT2D eigenvalue weighted by Gasteiger charge is -2.29. The molecule has 1 aliphatic rings. The number of carbonyl (C=O) groups excluding carboxylic acids is 2. The van der Waals surface area contributed by atoms with Crippen molar-refractivity contribution in [3.05, 3.63) is 23.4 Å². The Balaban J connectivity index is 2.11. The number of H-pyrrole nitrogens is 1. The zero-order chi connectivity index (χ0) is 13.1. The molecule has 2 N–H and O–H groups in total. The Morgan fingerprint density at radius 2 is 2.28 bits per heavy atom. The third-order valence-electron chi connectivity index (χ3n) is 2.89. The number of carboxylic acid groups (broad SMARTS) is 1. The van der Waals surface area contributed by atoms with Gasteiger partial charge in [0.15, 0.2) is 0 Å². The quantitative estimate of drug-likeness (QED) is 0.821. The van der Waals surface area contributed by atoms with E-state index < -0.39 is 23.7 Å². The van der Waals surface area contributed by atoms with Gasteiger partial charge in [-0.3, -0.25) is 9.89 Å². The summed E-state index contributed by atoms with van der Waals surface area (Å²) in [6.45, 7) is 0. The van der Waals surface area contributed by atoms with E-state index in [0.29, 0.717) is 10.9 Å². The maximum Gasteiger partial charge on any atom is 0.229 e. The van der Waals surface area contributed by atoms with Crippen LogP contribution in [-0.4, -0.2) is 22.1 Å². The van der Waals surface area contributed by atoms with Gasteiger partial charge < -0.3 is 15.2 Å². The number of anilines is 1. The molecule has 96 valence electrons. The van der Waals surface area contributed by atoms with E-state index in [4.69, 9.17) is 11.6 Å². The van der Waals surface area contributed by atoms with Gasteiger partial charge in [-0.15, -0.1) is 0 Å². The Labute approximate surface area is 108 Å². The number of nitrogens with zero attached hydrogens (tertiary/aromatic N) is 1. The van der Waals surface area contributed by atoms with Crippen molar-refractivity contribution in [1.29, 1.82) is 0 Å². The fourth-order valence-electron chi connectivity index (χ4n) is 1.94. The Morgan fingerprint density at radius 3 is 2.89 bits per heavy atom. The first-order valence-electron chi connectivity index (χ1n) is 5.43. The molecule has 1 aromatic heterocycles. The molecule has 6 nitrogen and oxygen atoms in total. The molecule has 0 radical (unpaired) electrons. The smallest absolute Gasteiger partial charge is 0.229 e. The van der Waals surface area contributed by atoms with E-state index in [1.807, 2.05) is 0 Å². The van der Waals surface area contributed by atoms with Crippen molar-refractivity contribution in [1.82, 2.24) is 10.2 Å². The number of halogens is 1. The van der Waals surface area contributed by atoms with Crippen LogP contribution in [-0.2, 0) is 9.59 Å². The van der Waals surface area contributed by atoms with Crippen LogP contribution in [0.1, 0.15) is 12.8 Å². The molecule has 1 amide bonds. The number of hydrogen-bond acceptors (Lipinski definition) is 4. The summed E-state index contributed by atoms with van der Waals surface area (Å²) in [7, 11) is 0. The molecule has 2 rings (SSSR count). The SMILES string of the molecule is O=C([O-])[C@H]1CC=C(Cl)C[C@H]1C(=O)Nc1ccn[nH]1. The normalized spacial score (nSPS) is 23.3. The molecule has 0 spiro atoms. The highest BCUT2D eigenvalue weighted by molar-refractivity contribution is 6.29. The number of allylic oxidation sites excluding steroid dienone is 2. The molecule has 0 bridgehead atoms. The highest BCUT2D eigenvalue weighted by atomic mass is 35.5. The molecule has 1 aromatic rings. The standard InChI is InChI=1S/C11H12ClN3O3/c12-6-1-2-7(11(17)18)8(5-6)10(16)14-9-3-4-13-15-9/h1,3-4,7-8H,2,5H2,(H,17,18)(H2,13,14,15,16)/p-1/t7-,8+/m0/s1. The number of aromatic amines is 1. The number of carbonyl (C=O) groups is 2. The van der Waals surface area contributed by atoms with Crippen LogP contribution < -0.4 is 10.4 Å². The Kier molecular flexibility index (Phi) is 3.66. The molecule has 2 atom stereocenters. The van der Waals surface area contributed by atoms with Crippen molar-refractivity contribution in [2.45, 2.75) is 12.8 Å². The third kappa shape index (κ3) is 2.70. The predicted octanol–water partition coefficient (Wildman–Crippen LogP) is 0.247. The van der Waals surface area contributed by atoms with Crippen LogP contribution in [0.2, 0.25) is 0 Å². The van der Waals surface area contributed by atoms with Crippen LogP contribution in [0, 0.1) is 11.8 Å². The summed E-state index contributed by atoms with van der Waals surface area (Å²) in [6, 6.07) is 1.58. The summed E-state index contributed by atoms with van der Waals surface area (Å²) < 4.78 is 0. The highest BCUT2D eigenvalue weighted by Gasteiger charge is 2.32. The van der Waals surface area contributed by atoms with Gasteiger partial charge in [0.25, 0.3) is 0 Å². The number of amides is 1. The molecule has 7 heteroatoms. The molecule has 0 saturated carbocycles. The second-order valence-electron chi connectivity index (χ2n) is 4.08. The first-order valence-corrected chi connectivity index (χ1v) is 5.81. The number of aliphatic carboxylic acids is 1. The van der Waals surface area contributed by atoms with Crippen molar-refractivity contribution in [2.24, 2.45) is 11.8 Å². The number of aromatic nitrogens is 2. The second kappa shape index (κ2) is 5.22. The molecule has 0 saturated heterocycles. The van der Waals surface area contributed by atoms with E-state index in [2.05, 4.69) is 15.5 Å². The fraction of sp³-hybridized carbons (Fsp3) is 0.364. The Morgan fingerprint density at radius 1 is 1.50 bits per heavy atom. The Hall–Kier alpha value is -1.82. The highest BCUT2D eigenvalue weighted by Crippen LogP contribution is 2.32. The van der Waals surface area contributed by atoms with E-state index in [1.165, 1.54) is 6.20 Å². The molecule has 1 heterocycles. The van der Waals surface area contributed by atoms with Gasteiger partial charge in [-0.1, -0.05) is 17.7 Å². The van der Waals surface area contributed by atoms with Gasteiger partial charge in [-0.05, 0) is 12.8 Å². The van der Waals surface area contributed by atoms with Crippen LogP contribution in [0.25, 0.3) is 0 Å². The lowest BCUT2D eigenvalue weighted by atomic mass is 9.82. The number of nitrogens with one attached hydrogen (secondary N) is 2. The number of hydrogen-bond donors (Lipinski definition) is 2. The average molecular weight is 269 g/mol. The van der Waals surface area contributed by atoms with E-state index in [0.717, 1.165) is 0 Å². The van der Waals surface area contributed by atoms with Crippen molar-refractivity contribution >= 4 is 29.3 Å². The molecule has 0 fully saturated rings. The first kappa shape index (κ1) is 12.6. The maximum absolute atomic E-state index is 12.0. The van der Waals surface area contributed by atoms with Crippen LogP contribution in [0.4, 0.5) is 5.82 Å². The summed E-state index contributed by atoms with van der Waals surface area (Å²) >= 11 is 5.85. The molecule has 18 heavy (non-hydrogen) atoms. The zero-order valence-electron chi connectivity index (χ0n) is 9.35. The Bertz CT molecular complexity index is 484. The third-order valence-corrected chi connectivity index (χ3v) is 3.20. The van der Waals surface area contributed by atoms with E-state index in [9.17, 15) is 14.7 Å². The lowest BCUT2D eigenvalue weighted by molar-refractivity contribution is -0.313. The summed E-state index contributed by atoms with van der Waals surface area (Å²) in [5.74, 6) is -2.80. The average Bonchev–Trinajstić information content (AvgIpc) is 2.81. The molecular formula is C11H11ClN3O3-. The van der Waals surface area contributed by atoms with Crippen LogP contribution in [0.15, 0.2) is 23.4 Å². The summed E-state index contributed by atoms with van der Waals surface area (Å²) in [5.41, 5.74) is 0. The van der Waals surface area contributed by atoms with Gasteiger partial charge in [-0.25, -0.2) is 0 Å². The molecule has 0 aliphatic heterocycles. The summed E-state index contributed by atoms with van der Waals surface area (Å²) in [4.78, 5) is 23.0. The molecule has 0 unspecified atom stereocenters. The van der Waals surface area contributed by atoms with E-state index >= 15 is 0 Å². The van der Waals surface area contributed by atoms with Crippen LogP contribution in [0.3, 0.4) is 0 Å². The minimum absolute atomic E-state index is 0.209. The molecule has 1 aliphatic carbocycles. The fourth-order valence-corrected chi connectivity index (χ4v) is 2.20. The monoisotopic (exact) mass is 268 g/mol. The number of rotatable bonds is 3. The topological polar surface area (TPSA) is 97.9 Å². The van der Waals surface area contributed by atoms with Gasteiger partial charge >= 0.3 is 0 Å². The van der Waals surface area contributed by atoms with Crippen molar-refractivity contribution < 1.29 is 14.7 Å². The van der Waals surface area contributed by atoms with Gasteiger partial charge in [0.1, 0.15) is 5.82 Å². The minimum Gasteiger partial charge on any atom is -0.550 e. The zero-order valence-corrected chi connectivity index (χ0v) is 10.1. The lowest BCUT2D eigenvalue weighted by Crippen LogP contribution is -2.42.